The van der Waals surface area contributed by atoms with Crippen LogP contribution in [0.4, 0.5) is 0 Å². The number of carbonyl (C=O) groups excluding carboxylic acids is 1. The summed E-state index contributed by atoms with van der Waals surface area (Å²) < 4.78 is 6.54. The molecule has 0 amide bonds. The summed E-state index contributed by atoms with van der Waals surface area (Å²) in [6.45, 7) is 15.1. The van der Waals surface area contributed by atoms with Crippen LogP contribution >= 0.6 is 0 Å². The normalized spacial score (nSPS) is 53.7. The molecule has 5 heteroatoms. The fourth-order valence-electron chi connectivity index (χ4n) is 11.0. The number of aliphatic hydroxyl groups is 3. The summed E-state index contributed by atoms with van der Waals surface area (Å²) in [5.41, 5.74) is -2.02. The van der Waals surface area contributed by atoms with Gasteiger partial charge in [-0.15, -0.1) is 0 Å². The minimum absolute atomic E-state index is 0.0602. The van der Waals surface area contributed by atoms with Gasteiger partial charge in [-0.2, -0.15) is 0 Å². The van der Waals surface area contributed by atoms with Crippen LogP contribution in [0.2, 0.25) is 0 Å². The van der Waals surface area contributed by atoms with Crippen LogP contribution < -0.4 is 0 Å². The number of hydrogen-bond acceptors (Lipinski definition) is 5. The molecule has 0 aromatic rings. The van der Waals surface area contributed by atoms with Gasteiger partial charge in [-0.05, 0) is 106 Å². The third kappa shape index (κ3) is 3.29. The number of ether oxygens (including phenoxy) is 1. The van der Waals surface area contributed by atoms with Crippen molar-refractivity contribution in [2.45, 2.75) is 130 Å². The van der Waals surface area contributed by atoms with Gasteiger partial charge in [0.05, 0.1) is 23.4 Å². The van der Waals surface area contributed by atoms with Gasteiger partial charge >= 0.3 is 0 Å². The molecule has 5 nitrogen and oxygen atoms in total. The monoisotopic (exact) mass is 490 g/mol. The number of Topliss-reactive ketones (excluding diaryl/α,β-unsaturated/α-hetero) is 1. The number of ketones is 1. The van der Waals surface area contributed by atoms with E-state index in [0.29, 0.717) is 18.3 Å². The van der Waals surface area contributed by atoms with Gasteiger partial charge in [-0.1, -0.05) is 27.7 Å². The van der Waals surface area contributed by atoms with E-state index in [0.717, 1.165) is 51.4 Å². The lowest BCUT2D eigenvalue weighted by atomic mass is 9.35. The maximum absolute atomic E-state index is 13.9. The summed E-state index contributed by atoms with van der Waals surface area (Å²) >= 11 is 0. The molecule has 0 aromatic carbocycles. The van der Waals surface area contributed by atoms with Crippen molar-refractivity contribution < 1.29 is 24.9 Å². The summed E-state index contributed by atoms with van der Waals surface area (Å²) in [6.07, 6.45) is 7.44. The Balaban J connectivity index is 1.51. The largest absolute Gasteiger partial charge is 0.396 e. The molecular weight excluding hydrogens is 440 g/mol. The first-order valence-electron chi connectivity index (χ1n) is 14.3. The highest BCUT2D eigenvalue weighted by atomic mass is 16.5. The average molecular weight is 491 g/mol. The molecule has 200 valence electrons. The minimum Gasteiger partial charge on any atom is -0.396 e. The molecule has 10 atom stereocenters. The molecule has 1 heterocycles. The zero-order chi connectivity index (χ0) is 25.8. The molecule has 5 rings (SSSR count). The van der Waals surface area contributed by atoms with Gasteiger partial charge in [-0.25, -0.2) is 0 Å². The molecule has 1 aliphatic heterocycles. The van der Waals surface area contributed by atoms with Gasteiger partial charge in [0.15, 0.2) is 0 Å². The highest BCUT2D eigenvalue weighted by Gasteiger charge is 2.73. The number of carbonyl (C=O) groups is 1. The van der Waals surface area contributed by atoms with Gasteiger partial charge in [0.1, 0.15) is 5.78 Å². The van der Waals surface area contributed by atoms with E-state index in [4.69, 9.17) is 4.74 Å². The Morgan fingerprint density at radius 3 is 2.23 bits per heavy atom. The van der Waals surface area contributed by atoms with Crippen molar-refractivity contribution in [3.05, 3.63) is 0 Å². The second-order valence-electron chi connectivity index (χ2n) is 15.2. The molecule has 0 unspecified atom stereocenters. The predicted octanol–water partition coefficient (Wildman–Crippen LogP) is 4.89. The van der Waals surface area contributed by atoms with Crippen molar-refractivity contribution in [3.8, 4) is 0 Å². The Morgan fingerprint density at radius 1 is 0.943 bits per heavy atom. The number of aliphatic hydroxyl groups excluding tert-OH is 2. The van der Waals surface area contributed by atoms with Crippen molar-refractivity contribution >= 4 is 5.78 Å². The van der Waals surface area contributed by atoms with Crippen molar-refractivity contribution in [2.75, 3.05) is 6.61 Å². The molecule has 0 spiro atoms. The van der Waals surface area contributed by atoms with Crippen molar-refractivity contribution in [1.82, 2.24) is 0 Å². The quantitative estimate of drug-likeness (QED) is 0.524. The lowest BCUT2D eigenvalue weighted by Gasteiger charge is -2.70. The highest BCUT2D eigenvalue weighted by Crippen LogP contribution is 2.75. The van der Waals surface area contributed by atoms with E-state index in [9.17, 15) is 20.1 Å². The first kappa shape index (κ1) is 26.1. The van der Waals surface area contributed by atoms with Gasteiger partial charge < -0.3 is 20.1 Å². The first-order valence-corrected chi connectivity index (χ1v) is 14.3. The molecular formula is C30H50O5. The first-order chi connectivity index (χ1) is 16.1. The third-order valence-electron chi connectivity index (χ3n) is 12.9. The Bertz CT molecular complexity index is 876. The highest BCUT2D eigenvalue weighted by molar-refractivity contribution is 5.86. The molecule has 5 aliphatic rings. The fraction of sp³-hybridized carbons (Fsp3) is 0.967. The second kappa shape index (κ2) is 7.77. The van der Waals surface area contributed by atoms with Crippen molar-refractivity contribution in [3.63, 3.8) is 0 Å². The summed E-state index contributed by atoms with van der Waals surface area (Å²) in [7, 11) is 0. The lowest BCUT2D eigenvalue weighted by molar-refractivity contribution is -0.238. The van der Waals surface area contributed by atoms with E-state index in [2.05, 4.69) is 34.6 Å². The SMILES string of the molecule is CC(C)(O)[C@@H]1CC[C@@](C)([C@H]2C(=O)C[C@]3(CO)[C@@H]2CC[C@@H]2[C@@]4(C)CC[C@H](O)C(C)(C)[C@@H]4CC[C@]23C)O1. The lowest BCUT2D eigenvalue weighted by Crippen LogP contribution is -2.65. The second-order valence-corrected chi connectivity index (χ2v) is 15.2. The molecule has 0 bridgehead atoms. The summed E-state index contributed by atoms with van der Waals surface area (Å²) in [5.74, 6) is 1.07. The maximum atomic E-state index is 13.9. The van der Waals surface area contributed by atoms with Crippen molar-refractivity contribution in [2.24, 2.45) is 45.3 Å². The smallest absolute Gasteiger partial charge is 0.139 e. The van der Waals surface area contributed by atoms with Crippen molar-refractivity contribution in [1.29, 1.82) is 0 Å². The van der Waals surface area contributed by atoms with Gasteiger partial charge in [-0.3, -0.25) is 4.79 Å². The van der Waals surface area contributed by atoms with E-state index in [1.165, 1.54) is 0 Å². The van der Waals surface area contributed by atoms with E-state index in [1.54, 1.807) is 13.8 Å². The summed E-state index contributed by atoms with van der Waals surface area (Å²) in [6, 6.07) is 0. The van der Waals surface area contributed by atoms with E-state index >= 15 is 0 Å². The third-order valence-corrected chi connectivity index (χ3v) is 12.9. The molecule has 5 fully saturated rings. The van der Waals surface area contributed by atoms with Crippen LogP contribution in [-0.2, 0) is 9.53 Å². The van der Waals surface area contributed by atoms with E-state index in [1.807, 2.05) is 0 Å². The number of fused-ring (bicyclic) bond motifs is 5. The van der Waals surface area contributed by atoms with Crippen LogP contribution in [0.25, 0.3) is 0 Å². The molecule has 4 saturated carbocycles. The Labute approximate surface area is 212 Å². The number of rotatable bonds is 3. The van der Waals surface area contributed by atoms with E-state index < -0.39 is 16.6 Å². The maximum Gasteiger partial charge on any atom is 0.139 e. The van der Waals surface area contributed by atoms with Crippen LogP contribution in [-0.4, -0.2) is 51.1 Å². The topological polar surface area (TPSA) is 87.0 Å². The Kier molecular flexibility index (Phi) is 5.80. The average Bonchev–Trinajstić information content (AvgIpc) is 3.30. The van der Waals surface area contributed by atoms with Crippen LogP contribution in [0.1, 0.15) is 106 Å². The molecule has 0 aromatic heterocycles. The molecule has 0 radical (unpaired) electrons. The fourth-order valence-corrected chi connectivity index (χ4v) is 11.0. The number of hydrogen-bond donors (Lipinski definition) is 3. The Hall–Kier alpha value is -0.490. The van der Waals surface area contributed by atoms with E-state index in [-0.39, 0.29) is 52.7 Å². The summed E-state index contributed by atoms with van der Waals surface area (Å²) in [4.78, 5) is 13.9. The zero-order valence-electron chi connectivity index (χ0n) is 23.2. The summed E-state index contributed by atoms with van der Waals surface area (Å²) in [5, 5.41) is 32.6. The molecule has 35 heavy (non-hydrogen) atoms. The minimum atomic E-state index is -0.928. The van der Waals surface area contributed by atoms with Gasteiger partial charge in [0.25, 0.3) is 0 Å². The van der Waals surface area contributed by atoms with Gasteiger partial charge in [0, 0.05) is 24.4 Å². The predicted molar refractivity (Wildman–Crippen MR) is 136 cm³/mol. The van der Waals surface area contributed by atoms with Gasteiger partial charge in [0.2, 0.25) is 0 Å². The standard InChI is InChI=1S/C30H50O5/c1-25(2)20-10-14-28(6)21(27(20,5)13-11-22(25)33)9-8-18-24(19(32)16-30(18,28)17-31)29(7)15-12-23(35-29)26(3,4)34/h18,20-24,31,33-34H,8-17H2,1-7H3/t18-,20+,21-,22+,23+,24-,27+,28-,29+,30+/m1/s1. The van der Waals surface area contributed by atoms with Crippen LogP contribution in [0.5, 0.6) is 0 Å². The Morgan fingerprint density at radius 2 is 1.63 bits per heavy atom. The molecule has 4 aliphatic carbocycles. The van der Waals surface area contributed by atoms with Crippen LogP contribution in [0.3, 0.4) is 0 Å². The molecule has 1 saturated heterocycles. The molecule has 3 N–H and O–H groups in total. The zero-order valence-corrected chi connectivity index (χ0v) is 23.2. The van der Waals surface area contributed by atoms with Crippen LogP contribution in [0.15, 0.2) is 0 Å². The van der Waals surface area contributed by atoms with Crippen LogP contribution in [0, 0.1) is 45.3 Å².